The highest BCUT2D eigenvalue weighted by Gasteiger charge is 2.19. The number of hydrogen-bond acceptors (Lipinski definition) is 3. The molecule has 1 heterocycles. The van der Waals surface area contributed by atoms with E-state index < -0.39 is 12.0 Å². The van der Waals surface area contributed by atoms with Gasteiger partial charge in [-0.15, -0.1) is 0 Å². The molecule has 0 fully saturated rings. The summed E-state index contributed by atoms with van der Waals surface area (Å²) in [7, 11) is 1.69. The minimum atomic E-state index is -1.03. The van der Waals surface area contributed by atoms with Gasteiger partial charge in [0.1, 0.15) is 6.04 Å². The third kappa shape index (κ3) is 3.84. The van der Waals surface area contributed by atoms with Crippen LogP contribution in [0.2, 0.25) is 0 Å². The van der Waals surface area contributed by atoms with Crippen molar-refractivity contribution in [3.05, 3.63) is 34.7 Å². The molecule has 1 amide bonds. The van der Waals surface area contributed by atoms with E-state index in [4.69, 9.17) is 5.11 Å². The van der Waals surface area contributed by atoms with Crippen LogP contribution in [0.5, 0.6) is 0 Å². The summed E-state index contributed by atoms with van der Waals surface area (Å²) in [4.78, 5) is 35.5. The number of nitrogens with one attached hydrogen (secondary N) is 1. The molecule has 2 N–H and O–H groups in total. The second-order valence-electron chi connectivity index (χ2n) is 5.83. The molecule has 2 rings (SSSR count). The number of amides is 1. The highest BCUT2D eigenvalue weighted by Crippen LogP contribution is 2.11. The Morgan fingerprint density at radius 1 is 1.25 bits per heavy atom. The summed E-state index contributed by atoms with van der Waals surface area (Å²) < 4.78 is 3.07. The van der Waals surface area contributed by atoms with E-state index in [1.165, 1.54) is 9.13 Å². The molecule has 0 radical (unpaired) electrons. The van der Waals surface area contributed by atoms with Crippen molar-refractivity contribution in [3.63, 3.8) is 0 Å². The lowest BCUT2D eigenvalue weighted by Crippen LogP contribution is -2.41. The average Bonchev–Trinajstić information content (AvgIpc) is 2.81. The van der Waals surface area contributed by atoms with Crippen molar-refractivity contribution >= 4 is 22.9 Å². The standard InChI is InChI=1S/C17H23N3O4/c1-3-4-7-12(16(22)23)18-15(21)10-11-20-14-9-6-5-8-13(14)19(2)17(20)24/h5-6,8-9,12H,3-4,7,10-11H2,1-2H3,(H,18,21)(H,22,23). The third-order valence-corrected chi connectivity index (χ3v) is 4.09. The second kappa shape index (κ2) is 7.81. The minimum Gasteiger partial charge on any atom is -0.480 e. The molecule has 24 heavy (non-hydrogen) atoms. The van der Waals surface area contributed by atoms with E-state index in [0.29, 0.717) is 6.42 Å². The Morgan fingerprint density at radius 2 is 1.92 bits per heavy atom. The zero-order chi connectivity index (χ0) is 17.7. The van der Waals surface area contributed by atoms with Gasteiger partial charge in [-0.3, -0.25) is 13.9 Å². The van der Waals surface area contributed by atoms with E-state index in [2.05, 4.69) is 5.32 Å². The molecule has 0 aliphatic carbocycles. The number of fused-ring (bicyclic) bond motifs is 1. The quantitative estimate of drug-likeness (QED) is 0.765. The maximum atomic E-state index is 12.3. The predicted molar refractivity (Wildman–Crippen MR) is 90.9 cm³/mol. The number of carbonyl (C=O) groups is 2. The number of carboxylic acid groups (broad SMARTS) is 1. The van der Waals surface area contributed by atoms with Crippen molar-refractivity contribution in [3.8, 4) is 0 Å². The van der Waals surface area contributed by atoms with Crippen LogP contribution in [0, 0.1) is 0 Å². The molecule has 0 saturated carbocycles. The van der Waals surface area contributed by atoms with Crippen LogP contribution in [0.25, 0.3) is 11.0 Å². The molecular formula is C17H23N3O4. The molecule has 7 nitrogen and oxygen atoms in total. The SMILES string of the molecule is CCCCC(NC(=O)CCn1c(=O)n(C)c2ccccc21)C(=O)O. The van der Waals surface area contributed by atoms with Crippen molar-refractivity contribution in [1.29, 1.82) is 0 Å². The van der Waals surface area contributed by atoms with Crippen LogP contribution in [0.15, 0.2) is 29.1 Å². The van der Waals surface area contributed by atoms with Crippen molar-refractivity contribution in [1.82, 2.24) is 14.5 Å². The first-order valence-electron chi connectivity index (χ1n) is 8.12. The number of nitrogens with zero attached hydrogens (tertiary/aromatic N) is 2. The maximum absolute atomic E-state index is 12.3. The van der Waals surface area contributed by atoms with E-state index in [1.54, 1.807) is 7.05 Å². The first-order chi connectivity index (χ1) is 11.5. The van der Waals surface area contributed by atoms with Crippen LogP contribution in [0.1, 0.15) is 32.6 Å². The zero-order valence-electron chi connectivity index (χ0n) is 14.0. The Bertz CT molecular complexity index is 791. The molecule has 0 aliphatic heterocycles. The summed E-state index contributed by atoms with van der Waals surface area (Å²) in [6.45, 7) is 2.18. The first kappa shape index (κ1) is 17.8. The van der Waals surface area contributed by atoms with E-state index in [0.717, 1.165) is 23.9 Å². The second-order valence-corrected chi connectivity index (χ2v) is 5.83. The number of imidazole rings is 1. The van der Waals surface area contributed by atoms with Crippen molar-refractivity contribution in [2.24, 2.45) is 7.05 Å². The van der Waals surface area contributed by atoms with Crippen molar-refractivity contribution in [2.75, 3.05) is 0 Å². The van der Waals surface area contributed by atoms with Crippen molar-refractivity contribution < 1.29 is 14.7 Å². The molecule has 2 aromatic rings. The molecule has 1 atom stereocenters. The normalized spacial score (nSPS) is 12.2. The Labute approximate surface area is 139 Å². The summed E-state index contributed by atoms with van der Waals surface area (Å²) in [5.74, 6) is -1.39. The summed E-state index contributed by atoms with van der Waals surface area (Å²) in [5.41, 5.74) is 1.37. The van der Waals surface area contributed by atoms with Gasteiger partial charge in [-0.25, -0.2) is 9.59 Å². The van der Waals surface area contributed by atoms with Gasteiger partial charge in [-0.2, -0.15) is 0 Å². The number of para-hydroxylation sites is 2. The molecule has 1 aromatic carbocycles. The van der Waals surface area contributed by atoms with Gasteiger partial charge in [0, 0.05) is 20.0 Å². The molecule has 130 valence electrons. The fourth-order valence-electron chi connectivity index (χ4n) is 2.72. The summed E-state index contributed by atoms with van der Waals surface area (Å²) >= 11 is 0. The maximum Gasteiger partial charge on any atom is 0.328 e. The van der Waals surface area contributed by atoms with Gasteiger partial charge in [0.25, 0.3) is 0 Å². The van der Waals surface area contributed by atoms with Gasteiger partial charge in [-0.1, -0.05) is 31.9 Å². The van der Waals surface area contributed by atoms with Crippen LogP contribution < -0.4 is 11.0 Å². The van der Waals surface area contributed by atoms with Crippen molar-refractivity contribution in [2.45, 2.75) is 45.2 Å². The van der Waals surface area contributed by atoms with Gasteiger partial charge < -0.3 is 10.4 Å². The van der Waals surface area contributed by atoms with Crippen LogP contribution in [0.3, 0.4) is 0 Å². The first-order valence-corrected chi connectivity index (χ1v) is 8.12. The molecule has 0 spiro atoms. The highest BCUT2D eigenvalue weighted by atomic mass is 16.4. The molecule has 0 bridgehead atoms. The number of aromatic nitrogens is 2. The van der Waals surface area contributed by atoms with Gasteiger partial charge in [0.05, 0.1) is 11.0 Å². The number of carboxylic acids is 1. The van der Waals surface area contributed by atoms with Gasteiger partial charge in [0.15, 0.2) is 0 Å². The fourth-order valence-corrected chi connectivity index (χ4v) is 2.72. The predicted octanol–water partition coefficient (Wildman–Crippen LogP) is 1.49. The van der Waals surface area contributed by atoms with Gasteiger partial charge in [0.2, 0.25) is 5.91 Å². The number of aliphatic carboxylic acids is 1. The van der Waals surface area contributed by atoms with E-state index in [1.807, 2.05) is 31.2 Å². The van der Waals surface area contributed by atoms with E-state index in [9.17, 15) is 14.4 Å². The number of aryl methyl sites for hydroxylation is 2. The zero-order valence-corrected chi connectivity index (χ0v) is 14.0. The lowest BCUT2D eigenvalue weighted by molar-refractivity contribution is -0.142. The molecule has 0 saturated heterocycles. The number of benzene rings is 1. The Kier molecular flexibility index (Phi) is 5.78. The number of rotatable bonds is 8. The van der Waals surface area contributed by atoms with E-state index in [-0.39, 0.29) is 24.6 Å². The van der Waals surface area contributed by atoms with Crippen LogP contribution in [-0.4, -0.2) is 32.2 Å². The Hall–Kier alpha value is -2.57. The molecular weight excluding hydrogens is 310 g/mol. The molecule has 7 heteroatoms. The topological polar surface area (TPSA) is 93.3 Å². The van der Waals surface area contributed by atoms with Gasteiger partial charge in [-0.05, 0) is 18.6 Å². The summed E-state index contributed by atoms with van der Waals surface area (Å²) in [6.07, 6.45) is 2.07. The third-order valence-electron chi connectivity index (χ3n) is 4.09. The van der Waals surface area contributed by atoms with Crippen LogP contribution in [0.4, 0.5) is 0 Å². The summed E-state index contributed by atoms with van der Waals surface area (Å²) in [5, 5.41) is 11.7. The van der Waals surface area contributed by atoms with Crippen LogP contribution in [-0.2, 0) is 23.2 Å². The Morgan fingerprint density at radius 3 is 2.54 bits per heavy atom. The lowest BCUT2D eigenvalue weighted by atomic mass is 10.1. The average molecular weight is 333 g/mol. The molecule has 0 aliphatic rings. The lowest BCUT2D eigenvalue weighted by Gasteiger charge is -2.14. The Balaban J connectivity index is 2.05. The number of hydrogen-bond donors (Lipinski definition) is 2. The number of carbonyl (C=O) groups excluding carboxylic acids is 1. The van der Waals surface area contributed by atoms with Crippen LogP contribution >= 0.6 is 0 Å². The van der Waals surface area contributed by atoms with E-state index >= 15 is 0 Å². The monoisotopic (exact) mass is 333 g/mol. The van der Waals surface area contributed by atoms with Gasteiger partial charge >= 0.3 is 11.7 Å². The smallest absolute Gasteiger partial charge is 0.328 e. The largest absolute Gasteiger partial charge is 0.480 e. The number of unbranched alkanes of at least 4 members (excludes halogenated alkanes) is 1. The summed E-state index contributed by atoms with van der Waals surface area (Å²) in [6, 6.07) is 6.49. The molecule has 1 aromatic heterocycles. The fraction of sp³-hybridized carbons (Fsp3) is 0.471. The molecule has 1 unspecified atom stereocenters. The highest BCUT2D eigenvalue weighted by molar-refractivity contribution is 5.83. The minimum absolute atomic E-state index is 0.0593.